The van der Waals surface area contributed by atoms with E-state index in [4.69, 9.17) is 0 Å². The van der Waals surface area contributed by atoms with Crippen molar-refractivity contribution < 1.29 is 4.79 Å². The van der Waals surface area contributed by atoms with Crippen LogP contribution in [0.25, 0.3) is 0 Å². The number of nitrogens with zero attached hydrogens (tertiary/aromatic N) is 1. The van der Waals surface area contributed by atoms with E-state index in [9.17, 15) is 4.79 Å². The van der Waals surface area contributed by atoms with Crippen LogP contribution in [0.5, 0.6) is 0 Å². The molecule has 0 N–H and O–H groups in total. The lowest BCUT2D eigenvalue weighted by Gasteiger charge is -2.14. The van der Waals surface area contributed by atoms with E-state index in [1.807, 2.05) is 6.08 Å². The van der Waals surface area contributed by atoms with E-state index in [0.717, 1.165) is 6.54 Å². The molecule has 0 aromatic heterocycles. The number of likely N-dealkylation sites (N-methyl/N-ethyl adjacent to an activating group) is 1. The van der Waals surface area contributed by atoms with Gasteiger partial charge in [0.1, 0.15) is 0 Å². The molecule has 0 spiro atoms. The molecule has 0 saturated carbocycles. The molecule has 1 aliphatic heterocycles. The molecule has 0 aliphatic carbocycles. The number of hydrogen-bond donors (Lipinski definition) is 0. The lowest BCUT2D eigenvalue weighted by molar-refractivity contribution is -0.112. The van der Waals surface area contributed by atoms with Crippen LogP contribution in [0.2, 0.25) is 0 Å². The second-order valence-corrected chi connectivity index (χ2v) is 3.16. The van der Waals surface area contributed by atoms with Crippen LogP contribution >= 0.6 is 0 Å². The summed E-state index contributed by atoms with van der Waals surface area (Å²) >= 11 is 0. The summed E-state index contributed by atoms with van der Waals surface area (Å²) in [6.07, 6.45) is 6.13. The molecule has 0 amide bonds. The highest BCUT2D eigenvalue weighted by Crippen LogP contribution is 2.15. The third-order valence-corrected chi connectivity index (χ3v) is 2.13. The second kappa shape index (κ2) is 3.67. The Kier molecular flexibility index (Phi) is 2.83. The maximum atomic E-state index is 10.6. The molecule has 0 aromatic rings. The SMILES string of the molecule is CC(=O)/C=C/C1CCCN1C. The lowest BCUT2D eigenvalue weighted by Crippen LogP contribution is -2.22. The van der Waals surface area contributed by atoms with Crippen molar-refractivity contribution in [1.29, 1.82) is 0 Å². The third-order valence-electron chi connectivity index (χ3n) is 2.13. The standard InChI is InChI=1S/C9H15NO/c1-8(11)5-6-9-4-3-7-10(9)2/h5-6,9H,3-4,7H2,1-2H3/b6-5+. The fraction of sp³-hybridized carbons (Fsp3) is 0.667. The molecule has 1 fully saturated rings. The maximum absolute atomic E-state index is 10.6. The van der Waals surface area contributed by atoms with Crippen molar-refractivity contribution in [3.63, 3.8) is 0 Å². The van der Waals surface area contributed by atoms with Gasteiger partial charge in [-0.25, -0.2) is 0 Å². The Morgan fingerprint density at radius 2 is 2.36 bits per heavy atom. The summed E-state index contributed by atoms with van der Waals surface area (Å²) in [5, 5.41) is 0. The Labute approximate surface area is 67.9 Å². The topological polar surface area (TPSA) is 20.3 Å². The molecule has 1 atom stereocenters. The van der Waals surface area contributed by atoms with Gasteiger partial charge in [-0.2, -0.15) is 0 Å². The van der Waals surface area contributed by atoms with E-state index >= 15 is 0 Å². The van der Waals surface area contributed by atoms with Crippen molar-refractivity contribution in [2.24, 2.45) is 0 Å². The first-order valence-corrected chi connectivity index (χ1v) is 4.09. The Bertz CT molecular complexity index is 174. The normalized spacial score (nSPS) is 26.5. The minimum atomic E-state index is 0.144. The van der Waals surface area contributed by atoms with Gasteiger partial charge in [-0.15, -0.1) is 0 Å². The highest BCUT2D eigenvalue weighted by Gasteiger charge is 2.17. The van der Waals surface area contributed by atoms with Crippen molar-refractivity contribution in [2.45, 2.75) is 25.8 Å². The van der Waals surface area contributed by atoms with E-state index in [-0.39, 0.29) is 5.78 Å². The predicted octanol–water partition coefficient (Wildman–Crippen LogP) is 1.23. The van der Waals surface area contributed by atoms with Gasteiger partial charge in [0.15, 0.2) is 5.78 Å². The summed E-state index contributed by atoms with van der Waals surface area (Å²) in [5.74, 6) is 0.144. The van der Waals surface area contributed by atoms with Crippen LogP contribution in [0.4, 0.5) is 0 Å². The molecular formula is C9H15NO. The van der Waals surface area contributed by atoms with E-state index in [1.54, 1.807) is 13.0 Å². The second-order valence-electron chi connectivity index (χ2n) is 3.16. The molecule has 1 saturated heterocycles. The summed E-state index contributed by atoms with van der Waals surface area (Å²) in [5.41, 5.74) is 0. The first kappa shape index (κ1) is 8.47. The number of hydrogen-bond acceptors (Lipinski definition) is 2. The zero-order chi connectivity index (χ0) is 8.27. The Balaban J connectivity index is 2.42. The van der Waals surface area contributed by atoms with Gasteiger partial charge in [0.05, 0.1) is 0 Å². The van der Waals surface area contributed by atoms with Gasteiger partial charge in [0.2, 0.25) is 0 Å². The third kappa shape index (κ3) is 2.46. The Hall–Kier alpha value is -0.630. The van der Waals surface area contributed by atoms with Gasteiger partial charge in [-0.3, -0.25) is 9.69 Å². The van der Waals surface area contributed by atoms with Crippen LogP contribution in [0, 0.1) is 0 Å². The van der Waals surface area contributed by atoms with Crippen molar-refractivity contribution in [3.8, 4) is 0 Å². The summed E-state index contributed by atoms with van der Waals surface area (Å²) in [7, 11) is 2.10. The molecule has 2 nitrogen and oxygen atoms in total. The van der Waals surface area contributed by atoms with E-state index < -0.39 is 0 Å². The van der Waals surface area contributed by atoms with Crippen LogP contribution in [0.15, 0.2) is 12.2 Å². The Morgan fingerprint density at radius 3 is 2.82 bits per heavy atom. The van der Waals surface area contributed by atoms with Gasteiger partial charge < -0.3 is 0 Å². The van der Waals surface area contributed by atoms with Crippen LogP contribution in [-0.2, 0) is 4.79 Å². The summed E-state index contributed by atoms with van der Waals surface area (Å²) < 4.78 is 0. The average Bonchev–Trinajstić information content (AvgIpc) is 2.31. The highest BCUT2D eigenvalue weighted by atomic mass is 16.1. The number of likely N-dealkylation sites (tertiary alicyclic amines) is 1. The van der Waals surface area contributed by atoms with Gasteiger partial charge >= 0.3 is 0 Å². The molecule has 1 aliphatic rings. The van der Waals surface area contributed by atoms with Crippen LogP contribution in [-0.4, -0.2) is 30.3 Å². The first-order chi connectivity index (χ1) is 5.20. The predicted molar refractivity (Wildman–Crippen MR) is 45.5 cm³/mol. The maximum Gasteiger partial charge on any atom is 0.152 e. The Morgan fingerprint density at radius 1 is 1.64 bits per heavy atom. The molecule has 0 radical (unpaired) electrons. The highest BCUT2D eigenvalue weighted by molar-refractivity contribution is 5.87. The smallest absolute Gasteiger partial charge is 0.152 e. The summed E-state index contributed by atoms with van der Waals surface area (Å²) in [6, 6.07) is 0.499. The minimum Gasteiger partial charge on any atom is -0.300 e. The quantitative estimate of drug-likeness (QED) is 0.556. The molecule has 0 bridgehead atoms. The largest absolute Gasteiger partial charge is 0.300 e. The minimum absolute atomic E-state index is 0.144. The van der Waals surface area contributed by atoms with Crippen LogP contribution < -0.4 is 0 Å². The monoisotopic (exact) mass is 153 g/mol. The number of rotatable bonds is 2. The zero-order valence-corrected chi connectivity index (χ0v) is 7.21. The van der Waals surface area contributed by atoms with Crippen LogP contribution in [0.1, 0.15) is 19.8 Å². The number of ketones is 1. The number of carbonyl (C=O) groups excluding carboxylic acids is 1. The van der Waals surface area contributed by atoms with Crippen molar-refractivity contribution >= 4 is 5.78 Å². The van der Waals surface area contributed by atoms with E-state index in [0.29, 0.717) is 6.04 Å². The summed E-state index contributed by atoms with van der Waals surface area (Å²) in [6.45, 7) is 2.75. The fourth-order valence-electron chi connectivity index (χ4n) is 1.43. The molecular weight excluding hydrogens is 138 g/mol. The van der Waals surface area contributed by atoms with Crippen molar-refractivity contribution in [1.82, 2.24) is 4.90 Å². The van der Waals surface area contributed by atoms with Gasteiger partial charge in [0.25, 0.3) is 0 Å². The molecule has 1 unspecified atom stereocenters. The molecule has 62 valence electrons. The van der Waals surface area contributed by atoms with Gasteiger partial charge in [-0.1, -0.05) is 6.08 Å². The van der Waals surface area contributed by atoms with E-state index in [1.165, 1.54) is 12.8 Å². The zero-order valence-electron chi connectivity index (χ0n) is 7.21. The van der Waals surface area contributed by atoms with Crippen LogP contribution in [0.3, 0.4) is 0 Å². The van der Waals surface area contributed by atoms with Gasteiger partial charge in [0, 0.05) is 6.04 Å². The lowest BCUT2D eigenvalue weighted by atomic mass is 10.2. The first-order valence-electron chi connectivity index (χ1n) is 4.09. The van der Waals surface area contributed by atoms with Crippen molar-refractivity contribution in [2.75, 3.05) is 13.6 Å². The fourth-order valence-corrected chi connectivity index (χ4v) is 1.43. The molecule has 11 heavy (non-hydrogen) atoms. The van der Waals surface area contributed by atoms with Gasteiger partial charge in [-0.05, 0) is 39.4 Å². The average molecular weight is 153 g/mol. The summed E-state index contributed by atoms with van der Waals surface area (Å²) in [4.78, 5) is 12.9. The van der Waals surface area contributed by atoms with Crippen molar-refractivity contribution in [3.05, 3.63) is 12.2 Å². The molecule has 1 rings (SSSR count). The molecule has 0 aromatic carbocycles. The van der Waals surface area contributed by atoms with E-state index in [2.05, 4.69) is 11.9 Å². The molecule has 1 heterocycles. The number of allylic oxidation sites excluding steroid dienone is 1. The molecule has 2 heteroatoms. The number of carbonyl (C=O) groups is 1.